The van der Waals surface area contributed by atoms with Gasteiger partial charge in [0.05, 0.1) is 9.82 Å². The minimum absolute atomic E-state index is 0.314. The number of nitrogens with one attached hydrogen (secondary N) is 1. The van der Waals surface area contributed by atoms with E-state index in [2.05, 4.69) is 0 Å². The minimum Gasteiger partial charge on any atom is -0.269 e. The lowest BCUT2D eigenvalue weighted by Crippen LogP contribution is -2.29. The molecule has 0 radical (unpaired) electrons. The molecule has 112 valence electrons. The zero-order chi connectivity index (χ0) is 15.6. The van der Waals surface area contributed by atoms with E-state index in [9.17, 15) is 23.3 Å². The second-order valence-corrected chi connectivity index (χ2v) is 6.63. The fraction of sp³-hybridized carbons (Fsp3) is 0.250. The summed E-state index contributed by atoms with van der Waals surface area (Å²) >= 11 is 5.65. The van der Waals surface area contributed by atoms with Crippen molar-refractivity contribution >= 4 is 33.2 Å². The molecule has 0 spiro atoms. The third-order valence-corrected chi connectivity index (χ3v) is 4.45. The molecule has 0 saturated heterocycles. The fourth-order valence-electron chi connectivity index (χ4n) is 1.54. The van der Waals surface area contributed by atoms with Gasteiger partial charge in [0.1, 0.15) is 5.02 Å². The largest absolute Gasteiger partial charge is 0.287 e. The molecule has 21 heavy (non-hydrogen) atoms. The topological polar surface area (TPSA) is 106 Å². The molecule has 0 bridgehead atoms. The number of nitrogens with zero attached hydrogens (tertiary/aromatic N) is 1. The van der Waals surface area contributed by atoms with E-state index in [-0.39, 0.29) is 9.92 Å². The van der Waals surface area contributed by atoms with Gasteiger partial charge < -0.3 is 0 Å². The van der Waals surface area contributed by atoms with E-state index in [1.807, 2.05) is 4.72 Å². The quantitative estimate of drug-likeness (QED) is 0.505. The van der Waals surface area contributed by atoms with Crippen molar-refractivity contribution in [3.05, 3.63) is 45.5 Å². The van der Waals surface area contributed by atoms with Crippen molar-refractivity contribution in [3.8, 4) is 0 Å². The molecule has 1 aliphatic rings. The van der Waals surface area contributed by atoms with Crippen molar-refractivity contribution in [3.63, 3.8) is 0 Å². The first kappa shape index (κ1) is 15.5. The number of allylic oxidation sites excluding steroid dienone is 1. The molecule has 1 N–H and O–H groups in total. The van der Waals surface area contributed by atoms with Crippen molar-refractivity contribution in [2.75, 3.05) is 0 Å². The summed E-state index contributed by atoms with van der Waals surface area (Å²) < 4.78 is 25.7. The van der Waals surface area contributed by atoms with E-state index in [0.717, 1.165) is 31.0 Å². The third kappa shape index (κ3) is 4.02. The molecule has 0 aromatic heterocycles. The van der Waals surface area contributed by atoms with Crippen LogP contribution in [0.5, 0.6) is 0 Å². The number of sulfonamides is 1. The van der Waals surface area contributed by atoms with Gasteiger partial charge in [-0.25, -0.2) is 13.1 Å². The average molecular weight is 331 g/mol. The van der Waals surface area contributed by atoms with Crippen molar-refractivity contribution in [1.29, 1.82) is 0 Å². The molecular weight excluding hydrogens is 320 g/mol. The summed E-state index contributed by atoms with van der Waals surface area (Å²) in [4.78, 5) is 21.1. The van der Waals surface area contributed by atoms with Crippen LogP contribution in [0.2, 0.25) is 5.02 Å². The summed E-state index contributed by atoms with van der Waals surface area (Å²) in [6.45, 7) is 0. The van der Waals surface area contributed by atoms with Crippen molar-refractivity contribution in [2.45, 2.75) is 17.7 Å². The Morgan fingerprint density at radius 1 is 1.43 bits per heavy atom. The Kier molecular flexibility index (Phi) is 4.29. The van der Waals surface area contributed by atoms with E-state index >= 15 is 0 Å². The van der Waals surface area contributed by atoms with Gasteiger partial charge in [-0.3, -0.25) is 14.9 Å². The molecule has 7 nitrogen and oxygen atoms in total. The first-order chi connectivity index (χ1) is 9.79. The summed E-state index contributed by atoms with van der Waals surface area (Å²) in [7, 11) is -4.11. The van der Waals surface area contributed by atoms with Gasteiger partial charge in [-0.15, -0.1) is 0 Å². The lowest BCUT2D eigenvalue weighted by molar-refractivity contribution is -0.384. The van der Waals surface area contributed by atoms with E-state index in [1.54, 1.807) is 6.08 Å². The summed E-state index contributed by atoms with van der Waals surface area (Å²) in [6, 6.07) is 2.92. The number of hydrogen-bond donors (Lipinski definition) is 1. The monoisotopic (exact) mass is 330 g/mol. The molecule has 0 atom stereocenters. The van der Waals surface area contributed by atoms with Gasteiger partial charge in [0, 0.05) is 12.1 Å². The van der Waals surface area contributed by atoms with Gasteiger partial charge in [-0.2, -0.15) is 0 Å². The first-order valence-electron chi connectivity index (χ1n) is 5.98. The van der Waals surface area contributed by atoms with Crippen LogP contribution in [-0.4, -0.2) is 19.2 Å². The van der Waals surface area contributed by atoms with Gasteiger partial charge in [-0.05, 0) is 30.9 Å². The maximum atomic E-state index is 11.9. The average Bonchev–Trinajstić information content (AvgIpc) is 3.19. The normalized spacial score (nSPS) is 15.1. The van der Waals surface area contributed by atoms with Gasteiger partial charge in [0.15, 0.2) is 0 Å². The van der Waals surface area contributed by atoms with Crippen LogP contribution in [0.1, 0.15) is 12.8 Å². The van der Waals surface area contributed by atoms with E-state index in [4.69, 9.17) is 11.6 Å². The molecule has 0 unspecified atom stereocenters. The molecular formula is C12H11ClN2O5S. The van der Waals surface area contributed by atoms with Crippen LogP contribution in [0.25, 0.3) is 0 Å². The molecule has 1 aliphatic carbocycles. The zero-order valence-corrected chi connectivity index (χ0v) is 12.2. The highest BCUT2D eigenvalue weighted by Crippen LogP contribution is 2.30. The highest BCUT2D eigenvalue weighted by Gasteiger charge is 2.22. The van der Waals surface area contributed by atoms with Crippen LogP contribution in [0.3, 0.4) is 0 Å². The Bertz CT molecular complexity index is 725. The van der Waals surface area contributed by atoms with Crippen LogP contribution >= 0.6 is 11.6 Å². The maximum absolute atomic E-state index is 11.9. The maximum Gasteiger partial charge on any atom is 0.287 e. The van der Waals surface area contributed by atoms with Gasteiger partial charge >= 0.3 is 0 Å². The Balaban J connectivity index is 2.17. The lowest BCUT2D eigenvalue weighted by Gasteiger charge is -2.05. The smallest absolute Gasteiger partial charge is 0.269 e. The lowest BCUT2D eigenvalue weighted by atomic mass is 10.3. The van der Waals surface area contributed by atoms with Crippen LogP contribution in [0.4, 0.5) is 5.69 Å². The number of nitro groups is 1. The number of benzene rings is 1. The zero-order valence-electron chi connectivity index (χ0n) is 10.7. The van der Waals surface area contributed by atoms with Gasteiger partial charge in [0.25, 0.3) is 21.6 Å². The second-order valence-electron chi connectivity index (χ2n) is 4.54. The van der Waals surface area contributed by atoms with Crippen LogP contribution in [0.15, 0.2) is 35.2 Å². The number of carbonyl (C=O) groups is 1. The summed E-state index contributed by atoms with van der Waals surface area (Å²) in [6.07, 6.45) is 4.80. The van der Waals surface area contributed by atoms with Crippen molar-refractivity contribution in [1.82, 2.24) is 4.72 Å². The third-order valence-electron chi connectivity index (χ3n) is 2.80. The molecule has 9 heteroatoms. The number of halogens is 1. The first-order valence-corrected chi connectivity index (χ1v) is 7.84. The Hall–Kier alpha value is -1.93. The highest BCUT2D eigenvalue weighted by molar-refractivity contribution is 7.90. The van der Waals surface area contributed by atoms with Crippen molar-refractivity contribution < 1.29 is 18.1 Å². The highest BCUT2D eigenvalue weighted by atomic mass is 35.5. The molecule has 0 heterocycles. The standard InChI is InChI=1S/C12H11ClN2O5S/c13-10-7-9(4-5-11(10)15(17)18)21(19,20)14-12(16)6-3-8-1-2-8/h3-8H,1-2H2,(H,14,16). The minimum atomic E-state index is -4.11. The molecule has 1 aromatic carbocycles. The number of rotatable bonds is 5. The summed E-state index contributed by atoms with van der Waals surface area (Å²) in [5.41, 5.74) is -0.407. The molecule has 0 aliphatic heterocycles. The second kappa shape index (κ2) is 5.82. The molecule has 1 fully saturated rings. The van der Waals surface area contributed by atoms with Crippen molar-refractivity contribution in [2.24, 2.45) is 5.92 Å². The Labute approximate surface area is 125 Å². The van der Waals surface area contributed by atoms with Crippen LogP contribution in [0, 0.1) is 16.0 Å². The number of amides is 1. The Morgan fingerprint density at radius 2 is 2.10 bits per heavy atom. The van der Waals surface area contributed by atoms with Gasteiger partial charge in [-0.1, -0.05) is 17.7 Å². The Morgan fingerprint density at radius 3 is 2.62 bits per heavy atom. The fourth-order valence-corrected chi connectivity index (χ4v) is 2.83. The SMILES string of the molecule is O=C(C=CC1CC1)NS(=O)(=O)c1ccc([N+](=O)[O-])c(Cl)c1. The van der Waals surface area contributed by atoms with Gasteiger partial charge in [0.2, 0.25) is 0 Å². The molecule has 1 amide bonds. The number of carbonyl (C=O) groups excluding carboxylic acids is 1. The molecule has 1 saturated carbocycles. The predicted octanol–water partition coefficient (Wildman–Crippen LogP) is 2.02. The number of hydrogen-bond acceptors (Lipinski definition) is 5. The summed E-state index contributed by atoms with van der Waals surface area (Å²) in [5, 5.41) is 10.3. The van der Waals surface area contributed by atoms with Crippen LogP contribution < -0.4 is 4.72 Å². The molecule has 2 rings (SSSR count). The van der Waals surface area contributed by atoms with Crippen LogP contribution in [-0.2, 0) is 14.8 Å². The summed E-state index contributed by atoms with van der Waals surface area (Å²) in [5.74, 6) is -0.427. The van der Waals surface area contributed by atoms with E-state index in [1.165, 1.54) is 6.08 Å². The molecule has 1 aromatic rings. The van der Waals surface area contributed by atoms with E-state index < -0.39 is 26.5 Å². The number of nitro benzene ring substituents is 1. The predicted molar refractivity (Wildman–Crippen MR) is 75.3 cm³/mol. The van der Waals surface area contributed by atoms with E-state index in [0.29, 0.717) is 5.92 Å².